The van der Waals surface area contributed by atoms with Crippen LogP contribution in [0.1, 0.15) is 87.9 Å². The van der Waals surface area contributed by atoms with Gasteiger partial charge in [0.15, 0.2) is 0 Å². The highest BCUT2D eigenvalue weighted by atomic mass is 15.3. The van der Waals surface area contributed by atoms with Crippen LogP contribution in [0.3, 0.4) is 0 Å². The molecule has 1 saturated heterocycles. The summed E-state index contributed by atoms with van der Waals surface area (Å²) in [5.41, 5.74) is 0. The van der Waals surface area contributed by atoms with E-state index in [0.717, 1.165) is 17.8 Å². The summed E-state index contributed by atoms with van der Waals surface area (Å²) in [7, 11) is 0. The van der Waals surface area contributed by atoms with Crippen molar-refractivity contribution in [3.63, 3.8) is 0 Å². The minimum Gasteiger partial charge on any atom is -0.311 e. The van der Waals surface area contributed by atoms with Crippen LogP contribution in [0.25, 0.3) is 0 Å². The summed E-state index contributed by atoms with van der Waals surface area (Å²) in [6.45, 7) is 2.13. The second-order valence-electron chi connectivity index (χ2n) is 7.37. The number of aryl methyl sites for hydroxylation is 1. The summed E-state index contributed by atoms with van der Waals surface area (Å²) in [5.74, 6) is 3.22. The third kappa shape index (κ3) is 2.52. The molecular formula is C17H28N4. The average Bonchev–Trinajstić information content (AvgIpc) is 3.11. The number of aromatic nitrogens is 3. The number of nitrogens with zero attached hydrogens (tertiary/aromatic N) is 3. The van der Waals surface area contributed by atoms with Crippen molar-refractivity contribution in [2.24, 2.45) is 5.92 Å². The van der Waals surface area contributed by atoms with Crippen molar-refractivity contribution in [1.82, 2.24) is 20.1 Å². The number of hydrogen-bond acceptors (Lipinski definition) is 3. The van der Waals surface area contributed by atoms with E-state index in [4.69, 9.17) is 0 Å². The van der Waals surface area contributed by atoms with Crippen molar-refractivity contribution < 1.29 is 0 Å². The lowest BCUT2D eigenvalue weighted by Gasteiger charge is -2.27. The van der Waals surface area contributed by atoms with Crippen molar-refractivity contribution in [1.29, 1.82) is 0 Å². The Morgan fingerprint density at radius 1 is 0.952 bits per heavy atom. The van der Waals surface area contributed by atoms with E-state index in [1.54, 1.807) is 0 Å². The first-order valence-electron chi connectivity index (χ1n) is 9.00. The van der Waals surface area contributed by atoms with E-state index in [1.165, 1.54) is 70.0 Å². The molecule has 1 aliphatic heterocycles. The van der Waals surface area contributed by atoms with Crippen LogP contribution in [-0.4, -0.2) is 20.8 Å². The van der Waals surface area contributed by atoms with E-state index < -0.39 is 0 Å². The molecule has 116 valence electrons. The third-order valence-corrected chi connectivity index (χ3v) is 6.01. The van der Waals surface area contributed by atoms with E-state index in [-0.39, 0.29) is 0 Å². The van der Waals surface area contributed by atoms with E-state index in [1.807, 2.05) is 0 Å². The maximum atomic E-state index is 4.58. The normalized spacial score (nSPS) is 34.0. The molecule has 0 bridgehead atoms. The van der Waals surface area contributed by atoms with Gasteiger partial charge in [0.05, 0.1) is 6.04 Å². The van der Waals surface area contributed by atoms with Crippen molar-refractivity contribution in [2.45, 2.75) is 89.3 Å². The second-order valence-corrected chi connectivity index (χ2v) is 7.37. The van der Waals surface area contributed by atoms with E-state index >= 15 is 0 Å². The standard InChI is InChI=1S/C17H28N4/c1-12-19-20-17(21(12)14-8-3-2-4-9-14)16-11-13-7-5-6-10-15(13)18-16/h13-16,18H,2-11H2,1H3. The second kappa shape index (κ2) is 5.71. The Labute approximate surface area is 127 Å². The molecule has 3 unspecified atom stereocenters. The van der Waals surface area contributed by atoms with Crippen molar-refractivity contribution in [3.05, 3.63) is 11.6 Å². The lowest BCUT2D eigenvalue weighted by molar-refractivity contribution is 0.325. The number of fused-ring (bicyclic) bond motifs is 1. The molecule has 1 aromatic rings. The molecule has 3 fully saturated rings. The maximum absolute atomic E-state index is 4.58. The number of rotatable bonds is 2. The number of nitrogens with one attached hydrogen (secondary N) is 1. The zero-order valence-electron chi connectivity index (χ0n) is 13.2. The van der Waals surface area contributed by atoms with Gasteiger partial charge in [0.1, 0.15) is 11.6 Å². The highest BCUT2D eigenvalue weighted by Gasteiger charge is 2.38. The Bertz CT molecular complexity index is 475. The van der Waals surface area contributed by atoms with Gasteiger partial charge in [-0.2, -0.15) is 0 Å². The fourth-order valence-electron chi connectivity index (χ4n) is 4.93. The summed E-state index contributed by atoms with van der Waals surface area (Å²) >= 11 is 0. The average molecular weight is 288 g/mol. The summed E-state index contributed by atoms with van der Waals surface area (Å²) in [5, 5.41) is 12.9. The molecule has 0 radical (unpaired) electrons. The van der Waals surface area contributed by atoms with Gasteiger partial charge in [0, 0.05) is 12.1 Å². The molecule has 0 aromatic carbocycles. The zero-order chi connectivity index (χ0) is 14.2. The molecule has 3 aliphatic rings. The monoisotopic (exact) mass is 288 g/mol. The third-order valence-electron chi connectivity index (χ3n) is 6.01. The van der Waals surface area contributed by atoms with Gasteiger partial charge in [-0.15, -0.1) is 10.2 Å². The molecule has 0 spiro atoms. The summed E-state index contributed by atoms with van der Waals surface area (Å²) in [6.07, 6.45) is 13.6. The van der Waals surface area contributed by atoms with Crippen molar-refractivity contribution in [2.75, 3.05) is 0 Å². The highest BCUT2D eigenvalue weighted by Crippen LogP contribution is 2.40. The fraction of sp³-hybridized carbons (Fsp3) is 0.882. The Morgan fingerprint density at radius 3 is 2.52 bits per heavy atom. The molecule has 4 rings (SSSR count). The van der Waals surface area contributed by atoms with Crippen LogP contribution in [0.15, 0.2) is 0 Å². The first kappa shape index (κ1) is 13.7. The predicted octanol–water partition coefficient (Wildman–Crippen LogP) is 3.68. The quantitative estimate of drug-likeness (QED) is 0.902. The van der Waals surface area contributed by atoms with Crippen LogP contribution < -0.4 is 5.32 Å². The molecule has 1 N–H and O–H groups in total. The zero-order valence-corrected chi connectivity index (χ0v) is 13.2. The number of hydrogen-bond donors (Lipinski definition) is 1. The molecule has 0 amide bonds. The molecule has 1 aromatic heterocycles. The molecule has 21 heavy (non-hydrogen) atoms. The Kier molecular flexibility index (Phi) is 3.74. The van der Waals surface area contributed by atoms with Gasteiger partial charge in [-0.3, -0.25) is 0 Å². The van der Waals surface area contributed by atoms with Crippen LogP contribution >= 0.6 is 0 Å². The molecule has 2 heterocycles. The summed E-state index contributed by atoms with van der Waals surface area (Å²) in [6, 6.07) is 1.83. The minimum atomic E-state index is 0.446. The largest absolute Gasteiger partial charge is 0.311 e. The summed E-state index contributed by atoms with van der Waals surface area (Å²) < 4.78 is 2.48. The Hall–Kier alpha value is -0.900. The summed E-state index contributed by atoms with van der Waals surface area (Å²) in [4.78, 5) is 0. The smallest absolute Gasteiger partial charge is 0.150 e. The van der Waals surface area contributed by atoms with Gasteiger partial charge in [-0.25, -0.2) is 0 Å². The van der Waals surface area contributed by atoms with Crippen LogP contribution in [0.2, 0.25) is 0 Å². The molecule has 3 atom stereocenters. The van der Waals surface area contributed by atoms with Gasteiger partial charge in [-0.1, -0.05) is 32.1 Å². The predicted molar refractivity (Wildman–Crippen MR) is 83.1 cm³/mol. The van der Waals surface area contributed by atoms with E-state index in [9.17, 15) is 0 Å². The van der Waals surface area contributed by atoms with Gasteiger partial charge in [-0.05, 0) is 44.9 Å². The molecule has 4 heteroatoms. The first-order valence-corrected chi connectivity index (χ1v) is 9.00. The highest BCUT2D eigenvalue weighted by molar-refractivity contribution is 5.08. The van der Waals surface area contributed by atoms with Crippen LogP contribution in [0.5, 0.6) is 0 Å². The van der Waals surface area contributed by atoms with E-state index in [0.29, 0.717) is 12.1 Å². The molecule has 2 saturated carbocycles. The topological polar surface area (TPSA) is 42.7 Å². The van der Waals surface area contributed by atoms with Gasteiger partial charge < -0.3 is 9.88 Å². The van der Waals surface area contributed by atoms with Crippen molar-refractivity contribution >= 4 is 0 Å². The van der Waals surface area contributed by atoms with Crippen LogP contribution in [-0.2, 0) is 0 Å². The lowest BCUT2D eigenvalue weighted by atomic mass is 9.85. The van der Waals surface area contributed by atoms with Gasteiger partial charge >= 0.3 is 0 Å². The molecule has 4 nitrogen and oxygen atoms in total. The fourth-order valence-corrected chi connectivity index (χ4v) is 4.93. The van der Waals surface area contributed by atoms with Gasteiger partial charge in [0.2, 0.25) is 0 Å². The van der Waals surface area contributed by atoms with Crippen LogP contribution in [0.4, 0.5) is 0 Å². The SMILES string of the molecule is Cc1nnc(C2CC3CCCCC3N2)n1C1CCCCC1. The molecular weight excluding hydrogens is 260 g/mol. The Balaban J connectivity index is 1.57. The van der Waals surface area contributed by atoms with Crippen molar-refractivity contribution in [3.8, 4) is 0 Å². The maximum Gasteiger partial charge on any atom is 0.150 e. The van der Waals surface area contributed by atoms with E-state index in [2.05, 4.69) is 27.0 Å². The molecule has 2 aliphatic carbocycles. The van der Waals surface area contributed by atoms with Gasteiger partial charge in [0.25, 0.3) is 0 Å². The minimum absolute atomic E-state index is 0.446. The first-order chi connectivity index (χ1) is 10.3. The lowest BCUT2D eigenvalue weighted by Crippen LogP contribution is -2.31. The Morgan fingerprint density at radius 2 is 1.71 bits per heavy atom. The van der Waals surface area contributed by atoms with Crippen LogP contribution in [0, 0.1) is 12.8 Å².